The zero-order valence-corrected chi connectivity index (χ0v) is 22.5. The van der Waals surface area contributed by atoms with Crippen LogP contribution in [0, 0.1) is 0 Å². The van der Waals surface area contributed by atoms with E-state index in [4.69, 9.17) is 19.4 Å². The quantitative estimate of drug-likeness (QED) is 0.384. The number of benzene rings is 2. The zero-order chi connectivity index (χ0) is 26.3. The highest BCUT2D eigenvalue weighted by molar-refractivity contribution is 8.00. The van der Waals surface area contributed by atoms with Crippen LogP contribution in [0.2, 0.25) is 0 Å². The number of aromatic nitrogens is 4. The molecule has 2 aliphatic heterocycles. The van der Waals surface area contributed by atoms with Crippen LogP contribution in [0.25, 0.3) is 22.3 Å². The average Bonchev–Trinajstić information content (AvgIpc) is 3.60. The van der Waals surface area contributed by atoms with Gasteiger partial charge in [-0.1, -0.05) is 12.1 Å². The second-order valence-corrected chi connectivity index (χ2v) is 11.3. The number of aromatic amines is 1. The lowest BCUT2D eigenvalue weighted by Gasteiger charge is -2.32. The minimum atomic E-state index is -0.491. The highest BCUT2D eigenvalue weighted by atomic mass is 32.2. The maximum atomic E-state index is 13.1. The summed E-state index contributed by atoms with van der Waals surface area (Å²) in [4.78, 5) is 26.7. The number of morpholine rings is 1. The molecule has 38 heavy (non-hydrogen) atoms. The van der Waals surface area contributed by atoms with E-state index >= 15 is 0 Å². The minimum absolute atomic E-state index is 0.0914. The molecule has 196 valence electrons. The predicted octanol–water partition coefficient (Wildman–Crippen LogP) is 4.09. The van der Waals surface area contributed by atoms with E-state index < -0.39 is 5.54 Å². The largest absolute Gasteiger partial charge is 0.497 e. The molecule has 1 amide bonds. The molecule has 2 aromatic carbocycles. The second-order valence-electron chi connectivity index (χ2n) is 10.1. The molecule has 0 aliphatic carbocycles. The Morgan fingerprint density at radius 3 is 2.71 bits per heavy atom. The number of nitrogens with zero attached hydrogens (tertiary/aromatic N) is 4. The Labute approximate surface area is 225 Å². The SMILES string of the molecule is COc1ccc(C(=O)NC(C)(C)C2Cc3nc(-c4cccc5[nH]ncc45)nc(N4CCOCC4)c3S2)cc1. The number of methoxy groups -OCH3 is 1. The van der Waals surface area contributed by atoms with Crippen molar-refractivity contribution in [1.29, 1.82) is 0 Å². The zero-order valence-electron chi connectivity index (χ0n) is 21.7. The molecule has 1 unspecified atom stereocenters. The lowest BCUT2D eigenvalue weighted by Crippen LogP contribution is -2.50. The summed E-state index contributed by atoms with van der Waals surface area (Å²) in [7, 11) is 1.61. The van der Waals surface area contributed by atoms with Crippen LogP contribution in [0.5, 0.6) is 5.75 Å². The van der Waals surface area contributed by atoms with E-state index in [-0.39, 0.29) is 11.2 Å². The molecule has 0 saturated carbocycles. The monoisotopic (exact) mass is 530 g/mol. The molecule has 2 aliphatic rings. The third kappa shape index (κ3) is 4.58. The molecule has 0 spiro atoms. The van der Waals surface area contributed by atoms with Gasteiger partial charge in [-0.15, -0.1) is 11.8 Å². The van der Waals surface area contributed by atoms with Crippen LogP contribution < -0.4 is 15.0 Å². The van der Waals surface area contributed by atoms with Crippen molar-refractivity contribution in [3.8, 4) is 17.1 Å². The van der Waals surface area contributed by atoms with Gasteiger partial charge in [0.2, 0.25) is 0 Å². The number of H-pyrrole nitrogens is 1. The standard InChI is InChI=1S/C28H30N6O3S/c1-28(2,32-27(35)17-7-9-18(36-3)10-8-17)23-15-22-24(38-23)26(34-11-13-37-14-12-34)31-25(30-22)19-5-4-6-21-20(19)16-29-33-21/h4-10,16,23H,11-15H2,1-3H3,(H,29,33)(H,32,35). The van der Waals surface area contributed by atoms with E-state index in [1.807, 2.05) is 24.4 Å². The number of rotatable bonds is 6. The number of hydrogen-bond donors (Lipinski definition) is 2. The van der Waals surface area contributed by atoms with Crippen molar-refractivity contribution in [3.63, 3.8) is 0 Å². The van der Waals surface area contributed by atoms with Gasteiger partial charge in [0.25, 0.3) is 5.91 Å². The topological polar surface area (TPSA) is 105 Å². The van der Waals surface area contributed by atoms with Crippen LogP contribution in [-0.2, 0) is 11.2 Å². The fourth-order valence-corrected chi connectivity index (χ4v) is 6.39. The number of thioether (sulfide) groups is 1. The number of amides is 1. The fraction of sp³-hybridized carbons (Fsp3) is 0.357. The number of fused-ring (bicyclic) bond motifs is 2. The Bertz CT molecular complexity index is 1480. The van der Waals surface area contributed by atoms with Gasteiger partial charge < -0.3 is 19.7 Å². The minimum Gasteiger partial charge on any atom is -0.497 e. The molecule has 10 heteroatoms. The Morgan fingerprint density at radius 2 is 1.95 bits per heavy atom. The van der Waals surface area contributed by atoms with Gasteiger partial charge >= 0.3 is 0 Å². The number of carbonyl (C=O) groups excluding carboxylic acids is 1. The first-order chi connectivity index (χ1) is 18.4. The van der Waals surface area contributed by atoms with Crippen LogP contribution in [-0.4, -0.2) is 70.3 Å². The molecule has 1 atom stereocenters. The number of nitrogens with one attached hydrogen (secondary N) is 2. The predicted molar refractivity (Wildman–Crippen MR) is 148 cm³/mol. The Kier molecular flexibility index (Phi) is 6.45. The number of anilines is 1. The maximum Gasteiger partial charge on any atom is 0.251 e. The molecule has 0 bridgehead atoms. The lowest BCUT2D eigenvalue weighted by atomic mass is 9.95. The van der Waals surface area contributed by atoms with Crippen molar-refractivity contribution in [2.75, 3.05) is 38.3 Å². The van der Waals surface area contributed by atoms with Crippen molar-refractivity contribution in [1.82, 2.24) is 25.5 Å². The van der Waals surface area contributed by atoms with Gasteiger partial charge in [-0.05, 0) is 44.2 Å². The molecule has 4 heterocycles. The number of carbonyl (C=O) groups is 1. The molecule has 1 saturated heterocycles. The summed E-state index contributed by atoms with van der Waals surface area (Å²) in [5, 5.41) is 11.6. The molecule has 1 fully saturated rings. The molecule has 2 N–H and O–H groups in total. The normalized spacial score (nSPS) is 17.4. The number of hydrogen-bond acceptors (Lipinski definition) is 8. The van der Waals surface area contributed by atoms with Gasteiger partial charge in [0, 0.05) is 46.8 Å². The molecule has 4 aromatic rings. The Hall–Kier alpha value is -3.63. The summed E-state index contributed by atoms with van der Waals surface area (Å²) in [6.45, 7) is 7.05. The van der Waals surface area contributed by atoms with E-state index in [2.05, 4.69) is 34.3 Å². The smallest absolute Gasteiger partial charge is 0.251 e. The van der Waals surface area contributed by atoms with E-state index in [1.165, 1.54) is 0 Å². The summed E-state index contributed by atoms with van der Waals surface area (Å²) >= 11 is 1.76. The van der Waals surface area contributed by atoms with E-state index in [0.29, 0.717) is 24.6 Å². The van der Waals surface area contributed by atoms with Crippen LogP contribution >= 0.6 is 11.8 Å². The van der Waals surface area contributed by atoms with Crippen molar-refractivity contribution in [3.05, 3.63) is 59.9 Å². The summed E-state index contributed by atoms with van der Waals surface area (Å²) < 4.78 is 10.8. The van der Waals surface area contributed by atoms with Crippen molar-refractivity contribution < 1.29 is 14.3 Å². The fourth-order valence-electron chi connectivity index (χ4n) is 4.97. The van der Waals surface area contributed by atoms with Gasteiger partial charge in [0.05, 0.1) is 42.6 Å². The maximum absolute atomic E-state index is 13.1. The summed E-state index contributed by atoms with van der Waals surface area (Å²) in [5.74, 6) is 2.25. The third-order valence-electron chi connectivity index (χ3n) is 7.19. The van der Waals surface area contributed by atoms with Gasteiger partial charge in [0.1, 0.15) is 11.6 Å². The molecular formula is C28H30N6O3S. The second kappa shape index (κ2) is 9.92. The van der Waals surface area contributed by atoms with E-state index in [9.17, 15) is 4.79 Å². The highest BCUT2D eigenvalue weighted by Gasteiger charge is 2.40. The highest BCUT2D eigenvalue weighted by Crippen LogP contribution is 2.46. The van der Waals surface area contributed by atoms with Crippen molar-refractivity contribution in [2.45, 2.75) is 36.0 Å². The molecule has 9 nitrogen and oxygen atoms in total. The molecule has 6 rings (SSSR count). The van der Waals surface area contributed by atoms with Crippen LogP contribution in [0.4, 0.5) is 5.82 Å². The van der Waals surface area contributed by atoms with Crippen LogP contribution in [0.1, 0.15) is 29.9 Å². The van der Waals surface area contributed by atoms with Crippen molar-refractivity contribution in [2.24, 2.45) is 0 Å². The van der Waals surface area contributed by atoms with Gasteiger partial charge in [-0.2, -0.15) is 5.10 Å². The molecule has 0 radical (unpaired) electrons. The van der Waals surface area contributed by atoms with Gasteiger partial charge in [0.15, 0.2) is 5.82 Å². The Morgan fingerprint density at radius 1 is 1.16 bits per heavy atom. The van der Waals surface area contributed by atoms with E-state index in [1.54, 1.807) is 43.1 Å². The summed E-state index contributed by atoms with van der Waals surface area (Å²) in [5.41, 5.74) is 3.03. The first kappa shape index (κ1) is 24.7. The first-order valence-electron chi connectivity index (χ1n) is 12.7. The summed E-state index contributed by atoms with van der Waals surface area (Å²) in [6.07, 6.45) is 2.55. The van der Waals surface area contributed by atoms with Crippen LogP contribution in [0.15, 0.2) is 53.6 Å². The van der Waals surface area contributed by atoms with Gasteiger partial charge in [-0.3, -0.25) is 9.89 Å². The van der Waals surface area contributed by atoms with Gasteiger partial charge in [-0.25, -0.2) is 9.97 Å². The van der Waals surface area contributed by atoms with Crippen molar-refractivity contribution >= 4 is 34.4 Å². The number of ether oxygens (including phenoxy) is 2. The average molecular weight is 531 g/mol. The molecular weight excluding hydrogens is 500 g/mol. The molecule has 2 aromatic heterocycles. The summed E-state index contributed by atoms with van der Waals surface area (Å²) in [6, 6.07) is 13.2. The first-order valence-corrected chi connectivity index (χ1v) is 13.6. The van der Waals surface area contributed by atoms with E-state index in [0.717, 1.165) is 58.1 Å². The van der Waals surface area contributed by atoms with Crippen LogP contribution in [0.3, 0.4) is 0 Å². The third-order valence-corrected chi connectivity index (χ3v) is 8.88. The Balaban J connectivity index is 1.32. The lowest BCUT2D eigenvalue weighted by molar-refractivity contribution is 0.0912.